The van der Waals surface area contributed by atoms with E-state index in [1.54, 1.807) is 53.4 Å². The molecule has 1 aromatic carbocycles. The zero-order chi connectivity index (χ0) is 20.9. The Morgan fingerprint density at radius 2 is 1.47 bits per heavy atom. The van der Waals surface area contributed by atoms with Crippen molar-refractivity contribution in [3.8, 4) is 0 Å². The van der Waals surface area contributed by atoms with Gasteiger partial charge in [-0.2, -0.15) is 0 Å². The summed E-state index contributed by atoms with van der Waals surface area (Å²) in [7, 11) is 0. The molecule has 1 aliphatic heterocycles. The molecule has 0 unspecified atom stereocenters. The molecule has 3 amide bonds. The minimum absolute atomic E-state index is 0.00326. The lowest BCUT2D eigenvalue weighted by atomic mass is 10.0. The molecule has 8 heteroatoms. The zero-order valence-corrected chi connectivity index (χ0v) is 16.2. The molecule has 3 aromatic rings. The zero-order valence-electron chi connectivity index (χ0n) is 16.2. The highest BCUT2D eigenvalue weighted by Gasteiger charge is 2.26. The summed E-state index contributed by atoms with van der Waals surface area (Å²) in [4.78, 5) is 38.6. The Kier molecular flexibility index (Phi) is 5.65. The Labute approximate surface area is 172 Å². The Hall–Kier alpha value is -3.81. The van der Waals surface area contributed by atoms with Crippen molar-refractivity contribution in [2.45, 2.75) is 18.9 Å². The maximum Gasteiger partial charge on any atom is 0.291 e. The van der Waals surface area contributed by atoms with Crippen LogP contribution in [0.3, 0.4) is 0 Å². The molecule has 0 bridgehead atoms. The third-order valence-electron chi connectivity index (χ3n) is 5.00. The van der Waals surface area contributed by atoms with Crippen molar-refractivity contribution < 1.29 is 23.2 Å². The second kappa shape index (κ2) is 8.69. The van der Waals surface area contributed by atoms with E-state index in [0.29, 0.717) is 42.9 Å². The molecule has 1 aliphatic rings. The number of nitrogens with one attached hydrogen (secondary N) is 2. The lowest BCUT2D eigenvalue weighted by Crippen LogP contribution is -2.46. The van der Waals surface area contributed by atoms with Gasteiger partial charge in [-0.25, -0.2) is 0 Å². The van der Waals surface area contributed by atoms with E-state index in [1.807, 2.05) is 0 Å². The van der Waals surface area contributed by atoms with Crippen molar-refractivity contribution >= 4 is 23.4 Å². The van der Waals surface area contributed by atoms with Crippen LogP contribution in [0.25, 0.3) is 0 Å². The highest BCUT2D eigenvalue weighted by molar-refractivity contribution is 6.02. The Balaban J connectivity index is 1.27. The fourth-order valence-electron chi connectivity index (χ4n) is 3.36. The maximum atomic E-state index is 12.5. The predicted octanol–water partition coefficient (Wildman–Crippen LogP) is 3.16. The van der Waals surface area contributed by atoms with Gasteiger partial charge in [0.15, 0.2) is 11.5 Å². The molecule has 1 saturated heterocycles. The van der Waals surface area contributed by atoms with E-state index in [4.69, 9.17) is 8.83 Å². The van der Waals surface area contributed by atoms with Crippen LogP contribution in [0.2, 0.25) is 0 Å². The van der Waals surface area contributed by atoms with E-state index >= 15 is 0 Å². The predicted molar refractivity (Wildman–Crippen MR) is 108 cm³/mol. The number of hydrogen-bond donors (Lipinski definition) is 2. The van der Waals surface area contributed by atoms with Crippen LogP contribution in [0.4, 0.5) is 5.69 Å². The van der Waals surface area contributed by atoms with Crippen LogP contribution in [-0.2, 0) is 0 Å². The van der Waals surface area contributed by atoms with E-state index in [9.17, 15) is 14.4 Å². The summed E-state index contributed by atoms with van der Waals surface area (Å²) in [5, 5.41) is 5.72. The summed E-state index contributed by atoms with van der Waals surface area (Å²) in [6.07, 6.45) is 4.26. The second-order valence-corrected chi connectivity index (χ2v) is 7.03. The molecule has 0 saturated carbocycles. The summed E-state index contributed by atoms with van der Waals surface area (Å²) in [5.74, 6) is -0.120. The van der Waals surface area contributed by atoms with Crippen LogP contribution in [0.1, 0.15) is 44.3 Å². The Morgan fingerprint density at radius 1 is 0.833 bits per heavy atom. The Bertz CT molecular complexity index is 1000. The number of furan rings is 2. The standard InChI is InChI=1S/C22H21N3O5/c26-20(15-5-7-16(8-6-15)24-21(27)18-3-1-13-29-18)23-17-9-11-25(12-10-17)22(28)19-4-2-14-30-19/h1-8,13-14,17H,9-12H2,(H,23,26)(H,24,27). The number of piperidine rings is 1. The van der Waals surface area contributed by atoms with E-state index in [0.717, 1.165) is 0 Å². The minimum atomic E-state index is -0.354. The SMILES string of the molecule is O=C(NC1CCN(C(=O)c2ccco2)CC1)c1ccc(NC(=O)c2ccco2)cc1. The van der Waals surface area contributed by atoms with Gasteiger partial charge in [-0.05, 0) is 61.4 Å². The van der Waals surface area contributed by atoms with Crippen LogP contribution in [0.5, 0.6) is 0 Å². The van der Waals surface area contributed by atoms with Gasteiger partial charge in [0.25, 0.3) is 17.7 Å². The van der Waals surface area contributed by atoms with Gasteiger partial charge in [-0.1, -0.05) is 0 Å². The monoisotopic (exact) mass is 407 g/mol. The molecule has 8 nitrogen and oxygen atoms in total. The number of amides is 3. The van der Waals surface area contributed by atoms with Crippen molar-refractivity contribution in [3.63, 3.8) is 0 Å². The maximum absolute atomic E-state index is 12.5. The molecule has 3 heterocycles. The third-order valence-corrected chi connectivity index (χ3v) is 5.00. The number of anilines is 1. The largest absolute Gasteiger partial charge is 0.459 e. The first-order valence-corrected chi connectivity index (χ1v) is 9.69. The van der Waals surface area contributed by atoms with Gasteiger partial charge >= 0.3 is 0 Å². The average molecular weight is 407 g/mol. The fraction of sp³-hybridized carbons (Fsp3) is 0.227. The highest BCUT2D eigenvalue weighted by atomic mass is 16.3. The number of nitrogens with zero attached hydrogens (tertiary/aromatic N) is 1. The van der Waals surface area contributed by atoms with Crippen molar-refractivity contribution in [3.05, 3.63) is 78.1 Å². The number of rotatable bonds is 5. The topological polar surface area (TPSA) is 105 Å². The molecule has 0 radical (unpaired) electrons. The molecule has 2 N–H and O–H groups in total. The number of carbonyl (C=O) groups excluding carboxylic acids is 3. The van der Waals surface area contributed by atoms with Gasteiger partial charge in [0, 0.05) is 30.4 Å². The first kappa shape index (κ1) is 19.5. The van der Waals surface area contributed by atoms with Crippen molar-refractivity contribution in [1.82, 2.24) is 10.2 Å². The van der Waals surface area contributed by atoms with Crippen LogP contribution < -0.4 is 10.6 Å². The van der Waals surface area contributed by atoms with Gasteiger partial charge in [-0.3, -0.25) is 14.4 Å². The molecule has 4 rings (SSSR count). The Morgan fingerprint density at radius 3 is 2.07 bits per heavy atom. The van der Waals surface area contributed by atoms with Gasteiger partial charge in [0.2, 0.25) is 0 Å². The summed E-state index contributed by atoms with van der Waals surface area (Å²) < 4.78 is 10.2. The van der Waals surface area contributed by atoms with Crippen molar-refractivity contribution in [1.29, 1.82) is 0 Å². The highest BCUT2D eigenvalue weighted by Crippen LogP contribution is 2.16. The van der Waals surface area contributed by atoms with Crippen LogP contribution >= 0.6 is 0 Å². The quantitative estimate of drug-likeness (QED) is 0.676. The van der Waals surface area contributed by atoms with Gasteiger partial charge in [-0.15, -0.1) is 0 Å². The summed E-state index contributed by atoms with van der Waals surface area (Å²) in [5.41, 5.74) is 1.07. The van der Waals surface area contributed by atoms with Crippen LogP contribution in [0, 0.1) is 0 Å². The first-order chi connectivity index (χ1) is 14.6. The summed E-state index contributed by atoms with van der Waals surface area (Å²) >= 11 is 0. The molecule has 2 aromatic heterocycles. The van der Waals surface area contributed by atoms with E-state index < -0.39 is 0 Å². The van der Waals surface area contributed by atoms with Gasteiger partial charge in [0.05, 0.1) is 12.5 Å². The molecule has 0 spiro atoms. The molecule has 0 aliphatic carbocycles. The molecular weight excluding hydrogens is 386 g/mol. The summed E-state index contributed by atoms with van der Waals surface area (Å²) in [6.45, 7) is 1.12. The smallest absolute Gasteiger partial charge is 0.291 e. The number of benzene rings is 1. The minimum Gasteiger partial charge on any atom is -0.459 e. The first-order valence-electron chi connectivity index (χ1n) is 9.69. The number of hydrogen-bond acceptors (Lipinski definition) is 5. The molecule has 30 heavy (non-hydrogen) atoms. The van der Waals surface area contributed by atoms with Crippen LogP contribution in [0.15, 0.2) is 69.9 Å². The van der Waals surface area contributed by atoms with E-state index in [1.165, 1.54) is 12.5 Å². The average Bonchev–Trinajstić information content (AvgIpc) is 3.48. The molecule has 1 fully saturated rings. The normalized spacial score (nSPS) is 14.3. The van der Waals surface area contributed by atoms with Gasteiger partial charge in [0.1, 0.15) is 0 Å². The fourth-order valence-corrected chi connectivity index (χ4v) is 3.36. The third kappa shape index (κ3) is 4.43. The second-order valence-electron chi connectivity index (χ2n) is 7.03. The van der Waals surface area contributed by atoms with Crippen LogP contribution in [-0.4, -0.2) is 41.8 Å². The van der Waals surface area contributed by atoms with Crippen molar-refractivity contribution in [2.24, 2.45) is 0 Å². The van der Waals surface area contributed by atoms with Gasteiger partial charge < -0.3 is 24.4 Å². The van der Waals surface area contributed by atoms with E-state index in [-0.39, 0.29) is 29.5 Å². The molecule has 0 atom stereocenters. The number of carbonyl (C=O) groups is 3. The number of likely N-dealkylation sites (tertiary alicyclic amines) is 1. The molecular formula is C22H21N3O5. The lowest BCUT2D eigenvalue weighted by molar-refractivity contribution is 0.0667. The van der Waals surface area contributed by atoms with Crippen molar-refractivity contribution in [2.75, 3.05) is 18.4 Å². The van der Waals surface area contributed by atoms with E-state index in [2.05, 4.69) is 10.6 Å². The lowest BCUT2D eigenvalue weighted by Gasteiger charge is -2.31. The molecule has 154 valence electrons. The summed E-state index contributed by atoms with van der Waals surface area (Å²) in [6, 6.07) is 13.2.